The summed E-state index contributed by atoms with van der Waals surface area (Å²) in [4.78, 5) is 14.3. The summed E-state index contributed by atoms with van der Waals surface area (Å²) in [7, 11) is 3.26. The van der Waals surface area contributed by atoms with Gasteiger partial charge in [0.05, 0.1) is 37.3 Å². The summed E-state index contributed by atoms with van der Waals surface area (Å²) in [5.74, 6) is 0.344. The zero-order chi connectivity index (χ0) is 18.3. The first-order valence-corrected chi connectivity index (χ1v) is 8.22. The van der Waals surface area contributed by atoms with Crippen molar-refractivity contribution in [2.24, 2.45) is 7.05 Å². The highest BCUT2D eigenvalue weighted by atomic mass is 16.6. The Morgan fingerprint density at radius 3 is 2.88 bits per heavy atom. The van der Waals surface area contributed by atoms with E-state index in [0.717, 1.165) is 5.69 Å². The van der Waals surface area contributed by atoms with Gasteiger partial charge in [0.25, 0.3) is 11.9 Å². The topological polar surface area (TPSA) is 98.5 Å². The molecule has 4 heterocycles. The summed E-state index contributed by atoms with van der Waals surface area (Å²) in [5, 5.41) is 19.1. The Kier molecular flexibility index (Phi) is 4.00. The minimum Gasteiger partial charge on any atom is -0.468 e. The van der Waals surface area contributed by atoms with E-state index < -0.39 is 6.10 Å². The van der Waals surface area contributed by atoms with Crippen molar-refractivity contribution in [1.82, 2.24) is 24.5 Å². The molecule has 1 aliphatic heterocycles. The number of carbonyl (C=O) groups is 1. The first kappa shape index (κ1) is 16.4. The highest BCUT2D eigenvalue weighted by molar-refractivity contribution is 5.91. The van der Waals surface area contributed by atoms with Gasteiger partial charge in [-0.1, -0.05) is 0 Å². The lowest BCUT2D eigenvalue weighted by molar-refractivity contribution is 0.0667. The molecule has 4 rings (SSSR count). The van der Waals surface area contributed by atoms with Crippen molar-refractivity contribution in [2.75, 3.05) is 13.7 Å². The molecule has 1 aliphatic rings. The van der Waals surface area contributed by atoms with Gasteiger partial charge in [-0.15, -0.1) is 0 Å². The Balaban J connectivity index is 1.53. The maximum atomic E-state index is 12.6. The number of aliphatic hydroxyl groups is 1. The normalized spacial score (nSPS) is 15.0. The SMILES string of the molecule is COc1ccc(C(=O)N2CCn3nc([C@H](O)c4ccnn4C)cc3C2)o1. The average molecular weight is 357 g/mol. The van der Waals surface area contributed by atoms with E-state index in [1.807, 2.05) is 10.7 Å². The first-order valence-electron chi connectivity index (χ1n) is 8.22. The van der Waals surface area contributed by atoms with Crippen molar-refractivity contribution < 1.29 is 19.1 Å². The molecule has 0 aromatic carbocycles. The third-order valence-corrected chi connectivity index (χ3v) is 4.52. The number of furan rings is 1. The van der Waals surface area contributed by atoms with E-state index in [1.54, 1.807) is 41.0 Å². The van der Waals surface area contributed by atoms with Crippen molar-refractivity contribution in [2.45, 2.75) is 19.2 Å². The summed E-state index contributed by atoms with van der Waals surface area (Å²) >= 11 is 0. The second-order valence-electron chi connectivity index (χ2n) is 6.12. The van der Waals surface area contributed by atoms with E-state index in [2.05, 4.69) is 10.2 Å². The number of fused-ring (bicyclic) bond motifs is 1. The molecule has 1 N–H and O–H groups in total. The standard InChI is InChI=1S/C17H19N5O4/c1-20-13(5-6-18-20)16(23)12-9-11-10-21(7-8-22(11)19-12)17(24)14-3-4-15(25-2)26-14/h3-6,9,16,23H,7-8,10H2,1-2H3/t16-/m0/s1. The van der Waals surface area contributed by atoms with Crippen LogP contribution < -0.4 is 4.74 Å². The van der Waals surface area contributed by atoms with E-state index in [9.17, 15) is 9.90 Å². The molecule has 3 aromatic rings. The minimum absolute atomic E-state index is 0.200. The lowest BCUT2D eigenvalue weighted by Crippen LogP contribution is -2.38. The van der Waals surface area contributed by atoms with Crippen LogP contribution in [-0.4, -0.2) is 49.1 Å². The Hall–Kier alpha value is -3.07. The van der Waals surface area contributed by atoms with Gasteiger partial charge >= 0.3 is 0 Å². The number of rotatable bonds is 4. The quantitative estimate of drug-likeness (QED) is 0.747. The number of nitrogens with zero attached hydrogens (tertiary/aromatic N) is 5. The molecule has 1 atom stereocenters. The average Bonchev–Trinajstić information content (AvgIpc) is 3.38. The van der Waals surface area contributed by atoms with Crippen LogP contribution in [0.1, 0.15) is 33.7 Å². The maximum absolute atomic E-state index is 12.6. The number of carbonyl (C=O) groups excluding carboxylic acids is 1. The van der Waals surface area contributed by atoms with Crippen LogP contribution in [0.3, 0.4) is 0 Å². The molecule has 136 valence electrons. The van der Waals surface area contributed by atoms with Crippen molar-refractivity contribution in [3.8, 4) is 5.95 Å². The largest absolute Gasteiger partial charge is 0.468 e. The number of ether oxygens (including phenoxy) is 1. The maximum Gasteiger partial charge on any atom is 0.290 e. The molecule has 9 nitrogen and oxygen atoms in total. The highest BCUT2D eigenvalue weighted by Gasteiger charge is 2.27. The lowest BCUT2D eigenvalue weighted by Gasteiger charge is -2.26. The van der Waals surface area contributed by atoms with Gasteiger partial charge in [-0.3, -0.25) is 14.2 Å². The fourth-order valence-corrected chi connectivity index (χ4v) is 3.10. The second-order valence-corrected chi connectivity index (χ2v) is 6.12. The van der Waals surface area contributed by atoms with Crippen LogP contribution >= 0.6 is 0 Å². The predicted octanol–water partition coefficient (Wildman–Crippen LogP) is 0.956. The lowest BCUT2D eigenvalue weighted by atomic mass is 10.1. The van der Waals surface area contributed by atoms with Crippen molar-refractivity contribution >= 4 is 5.91 Å². The third-order valence-electron chi connectivity index (χ3n) is 4.52. The molecule has 0 saturated carbocycles. The summed E-state index contributed by atoms with van der Waals surface area (Å²) < 4.78 is 13.8. The van der Waals surface area contributed by atoms with Crippen LogP contribution in [0.15, 0.2) is 34.9 Å². The predicted molar refractivity (Wildman–Crippen MR) is 89.5 cm³/mol. The number of aliphatic hydroxyl groups excluding tert-OH is 1. The molecule has 0 radical (unpaired) electrons. The molecule has 26 heavy (non-hydrogen) atoms. The van der Waals surface area contributed by atoms with Gasteiger partial charge in [0.15, 0.2) is 5.76 Å². The molecule has 0 saturated heterocycles. The van der Waals surface area contributed by atoms with Gasteiger partial charge in [0.1, 0.15) is 6.10 Å². The number of aryl methyl sites for hydroxylation is 1. The number of hydrogen-bond acceptors (Lipinski definition) is 6. The first-order chi connectivity index (χ1) is 12.6. The number of methoxy groups -OCH3 is 1. The minimum atomic E-state index is -0.862. The van der Waals surface area contributed by atoms with Crippen LogP contribution in [0.2, 0.25) is 0 Å². The van der Waals surface area contributed by atoms with Crippen LogP contribution in [0.4, 0.5) is 0 Å². The van der Waals surface area contributed by atoms with Crippen LogP contribution in [0.5, 0.6) is 5.95 Å². The van der Waals surface area contributed by atoms with Crippen molar-refractivity contribution in [3.63, 3.8) is 0 Å². The van der Waals surface area contributed by atoms with E-state index in [0.29, 0.717) is 37.0 Å². The third kappa shape index (κ3) is 2.76. The monoisotopic (exact) mass is 357 g/mol. The smallest absolute Gasteiger partial charge is 0.290 e. The van der Waals surface area contributed by atoms with E-state index in [1.165, 1.54) is 7.11 Å². The summed E-state index contributed by atoms with van der Waals surface area (Å²) in [6, 6.07) is 6.79. The van der Waals surface area contributed by atoms with Gasteiger partial charge < -0.3 is 19.2 Å². The van der Waals surface area contributed by atoms with E-state index in [4.69, 9.17) is 9.15 Å². The Labute approximate surface area is 149 Å². The zero-order valence-corrected chi connectivity index (χ0v) is 14.5. The van der Waals surface area contributed by atoms with E-state index >= 15 is 0 Å². The molecule has 0 fully saturated rings. The summed E-state index contributed by atoms with van der Waals surface area (Å²) in [6.45, 7) is 1.46. The molecular weight excluding hydrogens is 338 g/mol. The number of amides is 1. The highest BCUT2D eigenvalue weighted by Crippen LogP contribution is 2.24. The zero-order valence-electron chi connectivity index (χ0n) is 14.5. The van der Waals surface area contributed by atoms with Gasteiger partial charge in [0.2, 0.25) is 0 Å². The van der Waals surface area contributed by atoms with Crippen molar-refractivity contribution in [1.29, 1.82) is 0 Å². The summed E-state index contributed by atoms with van der Waals surface area (Å²) in [6.07, 6.45) is 0.770. The molecule has 0 aliphatic carbocycles. The van der Waals surface area contributed by atoms with Crippen molar-refractivity contribution in [3.05, 3.63) is 53.3 Å². The fourth-order valence-electron chi connectivity index (χ4n) is 3.10. The second kappa shape index (κ2) is 6.34. The molecule has 0 unspecified atom stereocenters. The molecule has 9 heteroatoms. The molecule has 3 aromatic heterocycles. The number of hydrogen-bond donors (Lipinski definition) is 1. The van der Waals surface area contributed by atoms with Gasteiger partial charge in [-0.25, -0.2) is 0 Å². The van der Waals surface area contributed by atoms with Crippen LogP contribution in [0, 0.1) is 0 Å². The molecule has 0 bridgehead atoms. The van der Waals surface area contributed by atoms with Crippen LogP contribution in [0.25, 0.3) is 0 Å². The van der Waals surface area contributed by atoms with E-state index in [-0.39, 0.29) is 11.7 Å². The van der Waals surface area contributed by atoms with Gasteiger partial charge in [-0.2, -0.15) is 10.2 Å². The van der Waals surface area contributed by atoms with Gasteiger partial charge in [-0.05, 0) is 18.2 Å². The Bertz CT molecular complexity index is 941. The van der Waals surface area contributed by atoms with Gasteiger partial charge in [0, 0.05) is 25.9 Å². The molecule has 1 amide bonds. The summed E-state index contributed by atoms with van der Waals surface area (Å²) in [5.41, 5.74) is 2.06. The molecule has 0 spiro atoms. The molecular formula is C17H19N5O4. The number of aromatic nitrogens is 4. The fraction of sp³-hybridized carbons (Fsp3) is 0.353. The Morgan fingerprint density at radius 2 is 2.19 bits per heavy atom. The Morgan fingerprint density at radius 1 is 1.35 bits per heavy atom. The van der Waals surface area contributed by atoms with Crippen LogP contribution in [-0.2, 0) is 20.1 Å².